The SMILES string of the molecule is O=C(C1CC1)N1CCC(c2nc(-c3ccc(Cl)cc3)no2)CC1. The maximum atomic E-state index is 12.1. The fourth-order valence-corrected chi connectivity index (χ4v) is 3.18. The van der Waals surface area contributed by atoms with Gasteiger partial charge in [-0.25, -0.2) is 0 Å². The summed E-state index contributed by atoms with van der Waals surface area (Å²) < 4.78 is 5.45. The third-order valence-corrected chi connectivity index (χ3v) is 4.88. The molecule has 1 saturated carbocycles. The van der Waals surface area contributed by atoms with Gasteiger partial charge in [0.25, 0.3) is 0 Å². The number of piperidine rings is 1. The second kappa shape index (κ2) is 5.96. The molecule has 0 spiro atoms. The molecule has 5 nitrogen and oxygen atoms in total. The van der Waals surface area contributed by atoms with Gasteiger partial charge in [-0.1, -0.05) is 16.8 Å². The Bertz CT molecular complexity index is 701. The Kier molecular flexibility index (Phi) is 3.81. The highest BCUT2D eigenvalue weighted by atomic mass is 35.5. The first-order valence-corrected chi connectivity index (χ1v) is 8.47. The normalized spacial score (nSPS) is 19.1. The molecule has 4 rings (SSSR count). The van der Waals surface area contributed by atoms with Crippen LogP contribution in [0.3, 0.4) is 0 Å². The fourth-order valence-electron chi connectivity index (χ4n) is 3.05. The van der Waals surface area contributed by atoms with Gasteiger partial charge in [0.2, 0.25) is 17.6 Å². The molecule has 1 aliphatic heterocycles. The quantitative estimate of drug-likeness (QED) is 0.863. The minimum Gasteiger partial charge on any atom is -0.342 e. The van der Waals surface area contributed by atoms with Crippen LogP contribution in [0.2, 0.25) is 5.02 Å². The zero-order valence-corrected chi connectivity index (χ0v) is 13.5. The van der Waals surface area contributed by atoms with E-state index in [1.807, 2.05) is 29.2 Å². The van der Waals surface area contributed by atoms with Crippen molar-refractivity contribution in [1.29, 1.82) is 0 Å². The van der Waals surface area contributed by atoms with Crippen molar-refractivity contribution < 1.29 is 9.32 Å². The van der Waals surface area contributed by atoms with Gasteiger partial charge >= 0.3 is 0 Å². The molecule has 0 N–H and O–H groups in total. The van der Waals surface area contributed by atoms with E-state index in [0.29, 0.717) is 28.6 Å². The Morgan fingerprint density at radius 2 is 1.83 bits per heavy atom. The van der Waals surface area contributed by atoms with E-state index in [-0.39, 0.29) is 5.92 Å². The number of hydrogen-bond donors (Lipinski definition) is 0. The molecule has 6 heteroatoms. The van der Waals surface area contributed by atoms with Gasteiger partial charge < -0.3 is 9.42 Å². The molecule has 1 aromatic carbocycles. The largest absolute Gasteiger partial charge is 0.342 e. The lowest BCUT2D eigenvalue weighted by atomic mass is 9.96. The number of rotatable bonds is 3. The molecule has 120 valence electrons. The van der Waals surface area contributed by atoms with Crippen molar-refractivity contribution >= 4 is 17.5 Å². The van der Waals surface area contributed by atoms with Crippen molar-refractivity contribution in [2.45, 2.75) is 31.6 Å². The predicted molar refractivity (Wildman–Crippen MR) is 86.0 cm³/mol. The van der Waals surface area contributed by atoms with Crippen molar-refractivity contribution in [3.8, 4) is 11.4 Å². The maximum Gasteiger partial charge on any atom is 0.230 e. The summed E-state index contributed by atoms with van der Waals surface area (Å²) in [6.07, 6.45) is 3.90. The van der Waals surface area contributed by atoms with Crippen molar-refractivity contribution in [1.82, 2.24) is 15.0 Å². The molecule has 23 heavy (non-hydrogen) atoms. The number of carbonyl (C=O) groups is 1. The van der Waals surface area contributed by atoms with Gasteiger partial charge in [0.1, 0.15) is 0 Å². The Balaban J connectivity index is 1.41. The molecule has 0 unspecified atom stereocenters. The van der Waals surface area contributed by atoms with E-state index in [2.05, 4.69) is 10.1 Å². The summed E-state index contributed by atoms with van der Waals surface area (Å²) in [6, 6.07) is 7.39. The van der Waals surface area contributed by atoms with Gasteiger partial charge in [0, 0.05) is 35.5 Å². The second-order valence-corrected chi connectivity index (χ2v) is 6.77. The van der Waals surface area contributed by atoms with E-state index in [4.69, 9.17) is 16.1 Å². The van der Waals surface area contributed by atoms with Gasteiger partial charge in [-0.05, 0) is 49.9 Å². The van der Waals surface area contributed by atoms with Crippen LogP contribution in [0.4, 0.5) is 0 Å². The number of likely N-dealkylation sites (tertiary alicyclic amines) is 1. The standard InChI is InChI=1S/C17H18ClN3O2/c18-14-5-3-11(4-6-14)15-19-16(23-20-15)12-7-9-21(10-8-12)17(22)13-1-2-13/h3-6,12-13H,1-2,7-10H2. The molecular weight excluding hydrogens is 314 g/mol. The summed E-state index contributed by atoms with van der Waals surface area (Å²) in [5.74, 6) is 2.13. The topological polar surface area (TPSA) is 59.2 Å². The van der Waals surface area contributed by atoms with Crippen LogP contribution in [0.5, 0.6) is 0 Å². The third-order valence-electron chi connectivity index (χ3n) is 4.63. The maximum absolute atomic E-state index is 12.1. The smallest absolute Gasteiger partial charge is 0.230 e. The number of carbonyl (C=O) groups excluding carboxylic acids is 1. The van der Waals surface area contributed by atoms with E-state index in [1.54, 1.807) is 0 Å². The highest BCUT2D eigenvalue weighted by molar-refractivity contribution is 6.30. The summed E-state index contributed by atoms with van der Waals surface area (Å²) in [5, 5.41) is 4.76. The number of hydrogen-bond acceptors (Lipinski definition) is 4. The first-order chi connectivity index (χ1) is 11.2. The molecule has 1 saturated heterocycles. The summed E-state index contributed by atoms with van der Waals surface area (Å²) in [4.78, 5) is 18.6. The van der Waals surface area contributed by atoms with Crippen molar-refractivity contribution in [3.05, 3.63) is 35.2 Å². The molecule has 1 aliphatic carbocycles. The summed E-state index contributed by atoms with van der Waals surface area (Å²) in [5.41, 5.74) is 0.894. The van der Waals surface area contributed by atoms with Gasteiger partial charge in [-0.3, -0.25) is 4.79 Å². The Labute approximate surface area is 139 Å². The van der Waals surface area contributed by atoms with Crippen LogP contribution < -0.4 is 0 Å². The lowest BCUT2D eigenvalue weighted by Crippen LogP contribution is -2.38. The van der Waals surface area contributed by atoms with E-state index < -0.39 is 0 Å². The molecule has 0 atom stereocenters. The number of amides is 1. The summed E-state index contributed by atoms with van der Waals surface area (Å²) in [7, 11) is 0. The Morgan fingerprint density at radius 1 is 1.13 bits per heavy atom. The monoisotopic (exact) mass is 331 g/mol. The highest BCUT2D eigenvalue weighted by Gasteiger charge is 2.35. The van der Waals surface area contributed by atoms with Gasteiger partial charge in [0.05, 0.1) is 0 Å². The number of halogens is 1. The minimum absolute atomic E-state index is 0.242. The molecule has 1 aromatic heterocycles. The zero-order chi connectivity index (χ0) is 15.8. The van der Waals surface area contributed by atoms with Crippen LogP contribution in [-0.4, -0.2) is 34.0 Å². The average molecular weight is 332 g/mol. The second-order valence-electron chi connectivity index (χ2n) is 6.34. The number of nitrogens with zero attached hydrogens (tertiary/aromatic N) is 3. The van der Waals surface area contributed by atoms with Crippen molar-refractivity contribution in [3.63, 3.8) is 0 Å². The van der Waals surface area contributed by atoms with Gasteiger partial charge in [-0.15, -0.1) is 0 Å². The molecule has 1 amide bonds. The molecule has 2 aliphatic rings. The van der Waals surface area contributed by atoms with Crippen LogP contribution in [0, 0.1) is 5.92 Å². The predicted octanol–water partition coefficient (Wildman–Crippen LogP) is 3.51. The van der Waals surface area contributed by atoms with Gasteiger partial charge in [-0.2, -0.15) is 4.98 Å². The lowest BCUT2D eigenvalue weighted by molar-refractivity contribution is -0.133. The molecular formula is C17H18ClN3O2. The Morgan fingerprint density at radius 3 is 2.48 bits per heavy atom. The molecule has 2 heterocycles. The number of aromatic nitrogens is 2. The zero-order valence-electron chi connectivity index (χ0n) is 12.7. The van der Waals surface area contributed by atoms with Crippen molar-refractivity contribution in [2.24, 2.45) is 5.92 Å². The van der Waals surface area contributed by atoms with Crippen LogP contribution >= 0.6 is 11.6 Å². The van der Waals surface area contributed by atoms with Crippen LogP contribution in [0.1, 0.15) is 37.5 Å². The van der Waals surface area contributed by atoms with E-state index in [9.17, 15) is 4.79 Å². The molecule has 0 bridgehead atoms. The molecule has 2 fully saturated rings. The highest BCUT2D eigenvalue weighted by Crippen LogP contribution is 2.34. The lowest BCUT2D eigenvalue weighted by Gasteiger charge is -2.30. The molecule has 2 aromatic rings. The minimum atomic E-state index is 0.242. The third kappa shape index (κ3) is 3.11. The van der Waals surface area contributed by atoms with Gasteiger partial charge in [0.15, 0.2) is 0 Å². The number of benzene rings is 1. The van der Waals surface area contributed by atoms with Crippen LogP contribution in [0.15, 0.2) is 28.8 Å². The first-order valence-electron chi connectivity index (χ1n) is 8.09. The van der Waals surface area contributed by atoms with Crippen LogP contribution in [-0.2, 0) is 4.79 Å². The van der Waals surface area contributed by atoms with E-state index >= 15 is 0 Å². The van der Waals surface area contributed by atoms with Crippen molar-refractivity contribution in [2.75, 3.05) is 13.1 Å². The summed E-state index contributed by atoms with van der Waals surface area (Å²) in [6.45, 7) is 1.58. The summed E-state index contributed by atoms with van der Waals surface area (Å²) >= 11 is 5.90. The molecule has 0 radical (unpaired) electrons. The van der Waals surface area contributed by atoms with E-state index in [1.165, 1.54) is 0 Å². The first kappa shape index (κ1) is 14.7. The van der Waals surface area contributed by atoms with Crippen LogP contribution in [0.25, 0.3) is 11.4 Å². The fraction of sp³-hybridized carbons (Fsp3) is 0.471. The Hall–Kier alpha value is -1.88. The van der Waals surface area contributed by atoms with E-state index in [0.717, 1.165) is 44.3 Å². The average Bonchev–Trinajstić information content (AvgIpc) is 3.32.